The highest BCUT2D eigenvalue weighted by Crippen LogP contribution is 2.45. The summed E-state index contributed by atoms with van der Waals surface area (Å²) in [4.78, 5) is 72.6. The fourth-order valence-corrected chi connectivity index (χ4v) is 11.6. The van der Waals surface area contributed by atoms with E-state index < -0.39 is 97.5 Å². The van der Waals surface area contributed by atoms with Crippen LogP contribution >= 0.6 is 15.6 Å². The van der Waals surface area contributed by atoms with Crippen molar-refractivity contribution in [3.05, 3.63) is 48.6 Å². The summed E-state index contributed by atoms with van der Waals surface area (Å²) in [7, 11) is -9.93. The van der Waals surface area contributed by atoms with Crippen molar-refractivity contribution in [2.45, 2.75) is 342 Å². The van der Waals surface area contributed by atoms with Crippen LogP contribution in [0.3, 0.4) is 0 Å². The minimum atomic E-state index is -4.96. The molecule has 3 unspecified atom stereocenters. The third-order valence-corrected chi connectivity index (χ3v) is 17.6. The van der Waals surface area contributed by atoms with Crippen LogP contribution in [0.15, 0.2) is 48.6 Å². The Bertz CT molecular complexity index is 1970. The van der Waals surface area contributed by atoms with Crippen LogP contribution in [-0.2, 0) is 65.4 Å². The SMILES string of the molecule is CCCCCC/C=C\C=C/CCCCCCCC(=O)OC[C@H](COP(=O)(O)OCC(O)COP(=O)(O)OC[C@@H](COC(=O)CCCCCCCCCC(C)C)OC(=O)CCCCCCC/C=C\C=C/CCCCCC)OC(=O)CCCCCCCCCCCC(C)C. The molecule has 0 aliphatic carbocycles. The van der Waals surface area contributed by atoms with Crippen LogP contribution in [0.25, 0.3) is 0 Å². The quantitative estimate of drug-likeness (QED) is 0.0169. The second-order valence-electron chi connectivity index (χ2n) is 25.9. The van der Waals surface area contributed by atoms with Gasteiger partial charge in [-0.25, -0.2) is 9.13 Å². The number of carbonyl (C=O) groups is 4. The molecule has 0 aromatic carbocycles. The van der Waals surface area contributed by atoms with E-state index in [1.54, 1.807) is 0 Å². The van der Waals surface area contributed by atoms with Gasteiger partial charge >= 0.3 is 39.5 Å². The predicted molar refractivity (Wildman–Crippen MR) is 372 cm³/mol. The average molecular weight is 1350 g/mol. The Hall–Kier alpha value is -2.98. The zero-order valence-electron chi connectivity index (χ0n) is 58.8. The van der Waals surface area contributed by atoms with E-state index >= 15 is 0 Å². The normalized spacial score (nSPS) is 14.4. The summed E-state index contributed by atoms with van der Waals surface area (Å²) in [6, 6.07) is 0. The van der Waals surface area contributed by atoms with Crippen molar-refractivity contribution in [2.75, 3.05) is 39.6 Å². The lowest BCUT2D eigenvalue weighted by molar-refractivity contribution is -0.161. The Kier molecular flexibility index (Phi) is 62.0. The number of allylic oxidation sites excluding steroid dienone is 8. The van der Waals surface area contributed by atoms with E-state index in [-0.39, 0.29) is 25.7 Å². The van der Waals surface area contributed by atoms with Crippen molar-refractivity contribution in [3.63, 3.8) is 0 Å². The summed E-state index contributed by atoms with van der Waals surface area (Å²) in [6.45, 7) is 9.35. The second kappa shape index (κ2) is 64.0. The Morgan fingerprint density at radius 1 is 0.337 bits per heavy atom. The van der Waals surface area contributed by atoms with E-state index in [0.717, 1.165) is 134 Å². The van der Waals surface area contributed by atoms with E-state index in [2.05, 4.69) is 90.2 Å². The zero-order chi connectivity index (χ0) is 67.9. The first-order valence-electron chi connectivity index (χ1n) is 36.6. The van der Waals surface area contributed by atoms with E-state index in [4.69, 9.17) is 37.0 Å². The highest BCUT2D eigenvalue weighted by atomic mass is 31.2. The van der Waals surface area contributed by atoms with Crippen LogP contribution in [-0.4, -0.2) is 96.7 Å². The molecule has 5 atom stereocenters. The van der Waals surface area contributed by atoms with Crippen molar-refractivity contribution in [1.29, 1.82) is 0 Å². The smallest absolute Gasteiger partial charge is 0.462 e. The van der Waals surface area contributed by atoms with Gasteiger partial charge in [0.15, 0.2) is 12.2 Å². The molecule has 0 aromatic heterocycles. The maximum Gasteiger partial charge on any atom is 0.472 e. The monoisotopic (exact) mass is 1340 g/mol. The van der Waals surface area contributed by atoms with Crippen molar-refractivity contribution in [3.8, 4) is 0 Å². The van der Waals surface area contributed by atoms with E-state index in [0.29, 0.717) is 31.6 Å². The van der Waals surface area contributed by atoms with Gasteiger partial charge in [-0.05, 0) is 88.9 Å². The van der Waals surface area contributed by atoms with Crippen molar-refractivity contribution < 1.29 is 80.2 Å². The fraction of sp³-hybridized carbons (Fsp3) is 0.836. The molecule has 17 nitrogen and oxygen atoms in total. The van der Waals surface area contributed by atoms with Gasteiger partial charge in [0.1, 0.15) is 19.3 Å². The molecule has 0 amide bonds. The molecule has 0 spiro atoms. The molecule has 0 rings (SSSR count). The maximum absolute atomic E-state index is 13.0. The molecule has 0 aliphatic heterocycles. The van der Waals surface area contributed by atoms with Gasteiger partial charge in [-0.15, -0.1) is 0 Å². The second-order valence-corrected chi connectivity index (χ2v) is 28.8. The van der Waals surface area contributed by atoms with Gasteiger partial charge in [-0.1, -0.05) is 270 Å². The number of rotatable bonds is 68. The molecular weight excluding hydrogens is 1210 g/mol. The summed E-state index contributed by atoms with van der Waals surface area (Å²) in [5.41, 5.74) is 0. The summed E-state index contributed by atoms with van der Waals surface area (Å²) < 4.78 is 68.3. The van der Waals surface area contributed by atoms with Crippen molar-refractivity contribution in [1.82, 2.24) is 0 Å². The standard InChI is InChI=1S/C73H134O17P2/c1-7-9-11-13-15-17-19-21-23-25-27-31-37-43-49-55-70(75)83-61-68(90-73(78)58-52-46-39-33-29-30-35-41-47-53-65(3)4)63-87-91(79,80)85-59-67(74)60-86-92(81,82)88-64-69(62-84-71(76)56-50-44-40-34-36-42-48-54-66(5)6)89-72(77)57-51-45-38-32-28-26-24-22-20-18-16-14-12-10-8-2/h17-24,65-69,74H,7-16,25-64H2,1-6H3,(H,79,80)(H,81,82)/b19-17-,20-18-,23-21-,24-22-/t67?,68-,69-/m1/s1. The molecule has 538 valence electrons. The van der Waals surface area contributed by atoms with Gasteiger partial charge in [0, 0.05) is 25.7 Å². The molecule has 0 aromatic rings. The van der Waals surface area contributed by atoms with E-state index in [9.17, 15) is 43.2 Å². The number of phosphoric ester groups is 2. The highest BCUT2D eigenvalue weighted by Gasteiger charge is 2.30. The number of hydrogen-bond acceptors (Lipinski definition) is 15. The van der Waals surface area contributed by atoms with Gasteiger partial charge in [0.2, 0.25) is 0 Å². The van der Waals surface area contributed by atoms with E-state index in [1.165, 1.54) is 103 Å². The maximum atomic E-state index is 13.0. The molecule has 0 heterocycles. The highest BCUT2D eigenvalue weighted by molar-refractivity contribution is 7.47. The Balaban J connectivity index is 5.31. The molecule has 3 N–H and O–H groups in total. The first-order valence-corrected chi connectivity index (χ1v) is 39.6. The number of aliphatic hydroxyl groups excluding tert-OH is 1. The van der Waals surface area contributed by atoms with Crippen molar-refractivity contribution >= 4 is 39.5 Å². The number of unbranched alkanes of at least 4 members (excludes halogenated alkanes) is 32. The van der Waals surface area contributed by atoms with Gasteiger partial charge in [-0.2, -0.15) is 0 Å². The first kappa shape index (κ1) is 89.0. The number of esters is 4. The fourth-order valence-electron chi connectivity index (χ4n) is 10.0. The predicted octanol–water partition coefficient (Wildman–Crippen LogP) is 20.3. The minimum absolute atomic E-state index is 0.0816. The van der Waals surface area contributed by atoms with Crippen molar-refractivity contribution in [2.24, 2.45) is 11.8 Å². The Morgan fingerprint density at radius 3 is 0.880 bits per heavy atom. The zero-order valence-corrected chi connectivity index (χ0v) is 60.6. The molecule has 0 bridgehead atoms. The van der Waals surface area contributed by atoms with Gasteiger partial charge in [-0.3, -0.25) is 37.3 Å². The van der Waals surface area contributed by atoms with Gasteiger partial charge in [0.25, 0.3) is 0 Å². The molecule has 19 heteroatoms. The van der Waals surface area contributed by atoms with Crippen LogP contribution < -0.4 is 0 Å². The van der Waals surface area contributed by atoms with Gasteiger partial charge in [0.05, 0.1) is 26.4 Å². The lowest BCUT2D eigenvalue weighted by Gasteiger charge is -2.21. The number of carbonyl (C=O) groups excluding carboxylic acids is 4. The average Bonchev–Trinajstić information content (AvgIpc) is 1.41. The number of aliphatic hydroxyl groups is 1. The van der Waals surface area contributed by atoms with Gasteiger partial charge < -0.3 is 33.8 Å². The first-order chi connectivity index (χ1) is 44.4. The number of hydrogen-bond donors (Lipinski definition) is 3. The summed E-state index contributed by atoms with van der Waals surface area (Å²) in [6.07, 6.45) is 55.8. The third kappa shape index (κ3) is 65.7. The summed E-state index contributed by atoms with van der Waals surface area (Å²) >= 11 is 0. The molecule has 0 radical (unpaired) electrons. The largest absolute Gasteiger partial charge is 0.472 e. The van der Waals surface area contributed by atoms with Crippen LogP contribution in [0.2, 0.25) is 0 Å². The Morgan fingerprint density at radius 2 is 0.587 bits per heavy atom. The van der Waals surface area contributed by atoms with Crippen LogP contribution in [0, 0.1) is 11.8 Å². The molecule has 0 aliphatic rings. The molecule has 92 heavy (non-hydrogen) atoms. The molecule has 0 saturated heterocycles. The molecular formula is C73H134O17P2. The van der Waals surface area contributed by atoms with E-state index in [1.807, 2.05) is 0 Å². The topological polar surface area (TPSA) is 237 Å². The lowest BCUT2D eigenvalue weighted by Crippen LogP contribution is -2.30. The van der Waals surface area contributed by atoms with Crippen LogP contribution in [0.5, 0.6) is 0 Å². The molecule has 0 saturated carbocycles. The number of phosphoric acid groups is 2. The minimum Gasteiger partial charge on any atom is -0.462 e. The third-order valence-electron chi connectivity index (χ3n) is 15.7. The summed E-state index contributed by atoms with van der Waals surface area (Å²) in [5, 5.41) is 10.6. The van der Waals surface area contributed by atoms with Crippen LogP contribution in [0.4, 0.5) is 0 Å². The lowest BCUT2D eigenvalue weighted by atomic mass is 10.0. The summed E-state index contributed by atoms with van der Waals surface area (Å²) in [5.74, 6) is -0.752. The molecule has 0 fully saturated rings. The Labute approximate surface area is 559 Å². The number of ether oxygens (including phenoxy) is 4. The van der Waals surface area contributed by atoms with Crippen LogP contribution in [0.1, 0.15) is 324 Å².